The van der Waals surface area contributed by atoms with Gasteiger partial charge in [0.15, 0.2) is 16.6 Å². The number of rotatable bonds is 10. The van der Waals surface area contributed by atoms with E-state index in [1.165, 1.54) is 24.7 Å². The molecule has 0 spiro atoms. The number of nitrogens with two attached hydrogens (primary N) is 1. The Kier molecular flexibility index (Phi) is 9.34. The normalized spacial score (nSPS) is 16.8. The van der Waals surface area contributed by atoms with Gasteiger partial charge in [-0.2, -0.15) is 8.42 Å². The maximum Gasteiger partial charge on any atom is 0.353 e. The maximum absolute atomic E-state index is 13.0. The minimum absolute atomic E-state index is 0.0345. The summed E-state index contributed by atoms with van der Waals surface area (Å²) < 4.78 is 27.3. The van der Waals surface area contributed by atoms with Crippen molar-refractivity contribution >= 4 is 68.1 Å². The second-order valence-electron chi connectivity index (χ2n) is 9.98. The summed E-state index contributed by atoms with van der Waals surface area (Å²) in [4.78, 5) is 98.3. The number of hydrogen-bond acceptors (Lipinski definition) is 16. The molecule has 25 heteroatoms. The van der Waals surface area contributed by atoms with Crippen LogP contribution < -0.4 is 32.1 Å². The number of H-pyrrole nitrogens is 1. The van der Waals surface area contributed by atoms with Gasteiger partial charge in [0.1, 0.15) is 17.4 Å². The number of nitrogen functional groups attached to an aromatic ring is 1. The smallest absolute Gasteiger partial charge is 0.353 e. The number of carbonyl (C=O) groups is 6. The number of carbonyl (C=O) groups excluding carboxylic acids is 6. The molecular formula is C22H25N11O12S2. The van der Waals surface area contributed by atoms with Crippen LogP contribution in [0.4, 0.5) is 14.7 Å². The van der Waals surface area contributed by atoms with Crippen LogP contribution in [0.15, 0.2) is 27.6 Å². The number of anilines is 1. The number of hydrazine groups is 1. The molecule has 2 aliphatic heterocycles. The fourth-order valence-corrected chi connectivity index (χ4v) is 5.34. The highest BCUT2D eigenvalue weighted by atomic mass is 32.2. The number of imide groups is 1. The largest absolute Gasteiger partial charge is 0.503 e. The Hall–Kier alpha value is -5.82. The van der Waals surface area contributed by atoms with Crippen LogP contribution in [0.1, 0.15) is 30.0 Å². The number of thiazole rings is 1. The molecule has 0 unspecified atom stereocenters. The summed E-state index contributed by atoms with van der Waals surface area (Å²) in [5, 5.41) is 26.0. The van der Waals surface area contributed by atoms with Gasteiger partial charge in [-0.3, -0.25) is 39.5 Å². The van der Waals surface area contributed by atoms with Gasteiger partial charge in [0.25, 0.3) is 23.6 Å². The third-order valence-electron chi connectivity index (χ3n) is 6.32. The Morgan fingerprint density at radius 2 is 1.91 bits per heavy atom. The molecule has 23 nitrogen and oxygen atoms in total. The average molecular weight is 700 g/mol. The SMILES string of the molecule is CC(C)(ON=C(C(=O)N[C@H]1CN(C(=O)NS(=O)(=O)N2CCN(NC(=O)c3cc(=O)c(O)c[nH]3)C2=O)C1=O)c1csc(N)n1)C(=O)NO. The zero-order valence-electron chi connectivity index (χ0n) is 24.0. The highest BCUT2D eigenvalue weighted by Gasteiger charge is 2.46. The van der Waals surface area contributed by atoms with E-state index in [4.69, 9.17) is 15.8 Å². The van der Waals surface area contributed by atoms with E-state index in [0.29, 0.717) is 9.91 Å². The molecule has 0 aliphatic carbocycles. The van der Waals surface area contributed by atoms with Crippen LogP contribution in [0.25, 0.3) is 0 Å². The number of hydroxylamine groups is 1. The molecule has 252 valence electrons. The molecule has 0 radical (unpaired) electrons. The Bertz CT molecular complexity index is 1850. The molecule has 47 heavy (non-hydrogen) atoms. The van der Waals surface area contributed by atoms with Crippen LogP contribution >= 0.6 is 11.3 Å². The third kappa shape index (κ3) is 7.20. The highest BCUT2D eigenvalue weighted by molar-refractivity contribution is 7.88. The molecule has 1 atom stereocenters. The molecule has 8 amide bonds. The van der Waals surface area contributed by atoms with Crippen LogP contribution in [-0.4, -0.2) is 116 Å². The molecule has 2 aromatic rings. The second-order valence-corrected chi connectivity index (χ2v) is 12.5. The molecule has 2 fully saturated rings. The van der Waals surface area contributed by atoms with E-state index in [9.17, 15) is 47.1 Å². The third-order valence-corrected chi connectivity index (χ3v) is 8.35. The Morgan fingerprint density at radius 3 is 2.51 bits per heavy atom. The van der Waals surface area contributed by atoms with E-state index >= 15 is 0 Å². The van der Waals surface area contributed by atoms with Crippen molar-refractivity contribution in [3.8, 4) is 5.75 Å². The number of hydrogen-bond donors (Lipinski definition) is 8. The van der Waals surface area contributed by atoms with Gasteiger partial charge in [-0.15, -0.1) is 11.3 Å². The number of aromatic nitrogens is 2. The lowest BCUT2D eigenvalue weighted by molar-refractivity contribution is -0.151. The van der Waals surface area contributed by atoms with Gasteiger partial charge in [-0.05, 0) is 13.8 Å². The second kappa shape index (κ2) is 12.9. The van der Waals surface area contributed by atoms with Crippen molar-refractivity contribution in [3.63, 3.8) is 0 Å². The van der Waals surface area contributed by atoms with E-state index in [2.05, 4.69) is 25.9 Å². The monoisotopic (exact) mass is 699 g/mol. The minimum Gasteiger partial charge on any atom is -0.503 e. The predicted octanol–water partition coefficient (Wildman–Crippen LogP) is -3.51. The number of urea groups is 2. The lowest BCUT2D eigenvalue weighted by Gasteiger charge is -2.36. The van der Waals surface area contributed by atoms with Crippen LogP contribution in [-0.2, 0) is 29.4 Å². The molecule has 2 saturated heterocycles. The number of nitrogens with zero attached hydrogens (tertiary/aromatic N) is 5. The van der Waals surface area contributed by atoms with Gasteiger partial charge < -0.3 is 26.0 Å². The first-order valence-electron chi connectivity index (χ1n) is 12.9. The van der Waals surface area contributed by atoms with Crippen LogP contribution in [0.2, 0.25) is 0 Å². The first-order chi connectivity index (χ1) is 21.9. The standard InChI is InChI=1S/C22H25N11O12S2/c1-22(2,18(39)28-42)45-29-14(11-8-46-19(23)26-11)16(37)25-10-7-31(17(10)38)20(40)30-47(43,44)33-4-3-32(21(33)41)27-15(36)9-5-12(34)13(35)6-24-9/h5-6,8,10,35,42H,3-4,7H2,1-2H3,(H2,23,26)(H,24,34)(H,25,37)(H,27,36)(H,28,39)(H,30,40)/t10-/m0/s1. The van der Waals surface area contributed by atoms with E-state index in [0.717, 1.165) is 23.6 Å². The van der Waals surface area contributed by atoms with Gasteiger partial charge in [0.2, 0.25) is 11.0 Å². The van der Waals surface area contributed by atoms with Crippen molar-refractivity contribution in [1.82, 2.24) is 45.1 Å². The van der Waals surface area contributed by atoms with Crippen molar-refractivity contribution in [2.45, 2.75) is 25.5 Å². The molecule has 0 saturated carbocycles. The van der Waals surface area contributed by atoms with Gasteiger partial charge in [0, 0.05) is 17.6 Å². The number of aromatic hydroxyl groups is 1. The molecule has 0 aromatic carbocycles. The van der Waals surface area contributed by atoms with Crippen molar-refractivity contribution in [2.75, 3.05) is 25.4 Å². The van der Waals surface area contributed by atoms with E-state index in [-0.39, 0.29) is 27.4 Å². The number of aromatic amines is 1. The number of amides is 8. The zero-order valence-corrected chi connectivity index (χ0v) is 25.7. The topological polar surface area (TPSA) is 328 Å². The summed E-state index contributed by atoms with van der Waals surface area (Å²) >= 11 is 0.930. The number of pyridine rings is 1. The van der Waals surface area contributed by atoms with Gasteiger partial charge in [0.05, 0.1) is 19.6 Å². The summed E-state index contributed by atoms with van der Waals surface area (Å²) in [6, 6.07) is -3.35. The van der Waals surface area contributed by atoms with Gasteiger partial charge in [-0.1, -0.05) is 5.16 Å². The lowest BCUT2D eigenvalue weighted by Crippen LogP contribution is -2.68. The number of likely N-dealkylation sites (tertiary alicyclic amines) is 1. The van der Waals surface area contributed by atoms with Crippen LogP contribution in [0.3, 0.4) is 0 Å². The molecule has 2 aromatic heterocycles. The van der Waals surface area contributed by atoms with Crippen molar-refractivity contribution in [1.29, 1.82) is 0 Å². The predicted molar refractivity (Wildman–Crippen MR) is 154 cm³/mol. The van der Waals surface area contributed by atoms with E-state index < -0.39 is 87.5 Å². The van der Waals surface area contributed by atoms with Gasteiger partial charge in [-0.25, -0.2) is 34.1 Å². The lowest BCUT2D eigenvalue weighted by atomic mass is 10.1. The fraction of sp³-hybridized carbons (Fsp3) is 0.318. The van der Waals surface area contributed by atoms with Crippen molar-refractivity contribution in [3.05, 3.63) is 39.3 Å². The maximum atomic E-state index is 13.0. The summed E-state index contributed by atoms with van der Waals surface area (Å²) in [6.07, 6.45) is 0.837. The first kappa shape index (κ1) is 34.1. The molecular weight excluding hydrogens is 674 g/mol. The Balaban J connectivity index is 1.35. The van der Waals surface area contributed by atoms with Crippen molar-refractivity contribution < 1.29 is 52.3 Å². The fourth-order valence-electron chi connectivity index (χ4n) is 3.72. The first-order valence-corrected chi connectivity index (χ1v) is 15.2. The molecule has 4 rings (SSSR count). The molecule has 9 N–H and O–H groups in total. The summed E-state index contributed by atoms with van der Waals surface area (Å²) in [5.41, 5.74) is 5.42. The zero-order chi connectivity index (χ0) is 34.8. The summed E-state index contributed by atoms with van der Waals surface area (Å²) in [6.45, 7) is 1.04. The molecule has 2 aliphatic rings. The van der Waals surface area contributed by atoms with Crippen LogP contribution in [0.5, 0.6) is 5.75 Å². The van der Waals surface area contributed by atoms with E-state index in [1.807, 2.05) is 0 Å². The van der Waals surface area contributed by atoms with Crippen LogP contribution in [0, 0.1) is 0 Å². The summed E-state index contributed by atoms with van der Waals surface area (Å²) in [5.74, 6) is -4.79. The van der Waals surface area contributed by atoms with Gasteiger partial charge >= 0.3 is 22.3 Å². The Labute approximate surface area is 266 Å². The quantitative estimate of drug-likeness (QED) is 0.0516. The molecule has 4 heterocycles. The Morgan fingerprint density at radius 1 is 1.21 bits per heavy atom. The molecule has 0 bridgehead atoms. The minimum atomic E-state index is -4.90. The number of β-lactam (4-membered cyclic amide) rings is 1. The number of nitrogens with one attached hydrogen (secondary N) is 5. The average Bonchev–Trinajstić information content (AvgIpc) is 3.60. The highest BCUT2D eigenvalue weighted by Crippen LogP contribution is 2.18. The number of oxime groups is 1. The van der Waals surface area contributed by atoms with Crippen molar-refractivity contribution in [2.24, 2.45) is 5.16 Å². The van der Waals surface area contributed by atoms with E-state index in [1.54, 1.807) is 4.72 Å². The summed E-state index contributed by atoms with van der Waals surface area (Å²) in [7, 11) is -4.90.